The third-order valence-electron chi connectivity index (χ3n) is 13.8. The third-order valence-corrected chi connectivity index (χ3v) is 18.6. The minimum atomic E-state index is -1.23. The second-order valence-corrected chi connectivity index (χ2v) is 23.4. The molecule has 11 atom stereocenters. The smallest absolute Gasteiger partial charge is 0.353 e. The molecule has 10 rings (SSSR count). The van der Waals surface area contributed by atoms with Crippen molar-refractivity contribution in [3.05, 3.63) is 79.8 Å². The Hall–Kier alpha value is -6.09. The summed E-state index contributed by atoms with van der Waals surface area (Å²) < 4.78 is 1.87. The number of carbonyl (C=O) groups excluding carboxylic acids is 8. The Kier molecular flexibility index (Phi) is 16.9. The summed E-state index contributed by atoms with van der Waals surface area (Å²) in [6, 6.07) is 13.8. The summed E-state index contributed by atoms with van der Waals surface area (Å²) in [5.74, 6) is -6.58. The van der Waals surface area contributed by atoms with Gasteiger partial charge in [0, 0.05) is 62.2 Å². The summed E-state index contributed by atoms with van der Waals surface area (Å²) in [5.41, 5.74) is 1.43. The summed E-state index contributed by atoms with van der Waals surface area (Å²) in [7, 11) is 0. The van der Waals surface area contributed by atoms with E-state index < -0.39 is 87.4 Å². The number of rotatable bonds is 12. The molecule has 3 aromatic rings. The van der Waals surface area contributed by atoms with Gasteiger partial charge in [0.15, 0.2) is 11.0 Å². The van der Waals surface area contributed by atoms with Gasteiger partial charge in [-0.1, -0.05) is 48.8 Å². The molecule has 0 bridgehead atoms. The van der Waals surface area contributed by atoms with Crippen LogP contribution < -0.4 is 16.0 Å². The van der Waals surface area contributed by atoms with Crippen LogP contribution in [0.25, 0.3) is 17.1 Å². The van der Waals surface area contributed by atoms with Crippen molar-refractivity contribution in [1.82, 2.24) is 40.5 Å². The maximum atomic E-state index is 12.2. The SMILES string of the molecule is C[C@@H](O)[C@H]1C(=O)N2C(C(=O)O)=C(S[C@@H]3CCC(=O)NC3=O)[C@H](C)[C@H]12.C[C@@H](O)[C@H]1C(=O)N2C(C(=O)O)=C(S[C@H]3CCC(=O)NC3=O)[C@H](C)[C@H]12.O=C1CCC(Sc2nnc(-c3ccc(Cl)cc3)n2-c2ccc(Cl)cc2)C(=O)N1. The molecular formula is C49H50Cl2N8O14S3. The highest BCUT2D eigenvalue weighted by molar-refractivity contribution is 8.04. The van der Waals surface area contributed by atoms with Gasteiger partial charge >= 0.3 is 11.9 Å². The minimum Gasteiger partial charge on any atom is -0.477 e. The molecule has 0 spiro atoms. The van der Waals surface area contributed by atoms with Gasteiger partial charge in [-0.25, -0.2) is 9.59 Å². The Morgan fingerprint density at radius 3 is 1.32 bits per heavy atom. The zero-order valence-corrected chi connectivity index (χ0v) is 44.8. The molecular weight excluding hydrogens is 1090 g/mol. The second kappa shape index (κ2) is 22.9. The van der Waals surface area contributed by atoms with E-state index in [0.717, 1.165) is 34.8 Å². The van der Waals surface area contributed by atoms with Gasteiger partial charge in [0.25, 0.3) is 0 Å². The number of aliphatic hydroxyl groups excluding tert-OH is 2. The van der Waals surface area contributed by atoms with Gasteiger partial charge in [-0.3, -0.25) is 58.9 Å². The largest absolute Gasteiger partial charge is 0.477 e. The predicted molar refractivity (Wildman–Crippen MR) is 276 cm³/mol. The highest BCUT2D eigenvalue weighted by Gasteiger charge is 2.61. The second-order valence-electron chi connectivity index (χ2n) is 18.8. The van der Waals surface area contributed by atoms with Crippen molar-refractivity contribution in [2.24, 2.45) is 23.7 Å². The highest BCUT2D eigenvalue weighted by Crippen LogP contribution is 2.53. The van der Waals surface area contributed by atoms with Crippen molar-refractivity contribution in [3.8, 4) is 17.1 Å². The maximum absolute atomic E-state index is 12.2. The van der Waals surface area contributed by atoms with Crippen LogP contribution in [0.3, 0.4) is 0 Å². The zero-order chi connectivity index (χ0) is 55.2. The topological polar surface area (TPSA) is 325 Å². The fourth-order valence-electron chi connectivity index (χ4n) is 10.1. The van der Waals surface area contributed by atoms with Crippen molar-refractivity contribution < 1.29 is 68.4 Å². The first-order valence-electron chi connectivity index (χ1n) is 23.9. The molecule has 2 aromatic carbocycles. The van der Waals surface area contributed by atoms with Gasteiger partial charge < -0.3 is 30.2 Å². The molecule has 22 nitrogen and oxygen atoms in total. The Labute approximate surface area is 456 Å². The number of piperidine rings is 3. The lowest BCUT2D eigenvalue weighted by molar-refractivity contribution is -0.163. The van der Waals surface area contributed by atoms with Crippen molar-refractivity contribution in [2.75, 3.05) is 0 Å². The fourth-order valence-corrected chi connectivity index (χ4v) is 14.1. The van der Waals surface area contributed by atoms with Crippen molar-refractivity contribution in [2.45, 2.75) is 111 Å². The number of β-lactam (4-membered cyclic amide) rings is 2. The van der Waals surface area contributed by atoms with Crippen LogP contribution in [0, 0.1) is 23.7 Å². The molecule has 7 aliphatic heterocycles. The van der Waals surface area contributed by atoms with E-state index in [9.17, 15) is 68.4 Å². The molecule has 76 heavy (non-hydrogen) atoms. The molecule has 0 radical (unpaired) electrons. The summed E-state index contributed by atoms with van der Waals surface area (Å²) in [6.45, 7) is 6.62. The first kappa shape index (κ1) is 56.1. The molecule has 0 saturated carbocycles. The summed E-state index contributed by atoms with van der Waals surface area (Å²) >= 11 is 15.5. The number of aliphatic carboxylic acids is 2. The monoisotopic (exact) mass is 1140 g/mol. The number of halogens is 2. The van der Waals surface area contributed by atoms with Crippen LogP contribution in [0.4, 0.5) is 0 Å². The first-order valence-corrected chi connectivity index (χ1v) is 27.3. The molecule has 7 N–H and O–H groups in total. The number of benzene rings is 2. The summed E-state index contributed by atoms with van der Waals surface area (Å²) in [5, 5.41) is 54.4. The van der Waals surface area contributed by atoms with Gasteiger partial charge in [0.05, 0.1) is 51.9 Å². The molecule has 8 heterocycles. The predicted octanol–water partition coefficient (Wildman–Crippen LogP) is 3.50. The van der Waals surface area contributed by atoms with Crippen LogP contribution in [0.5, 0.6) is 0 Å². The lowest BCUT2D eigenvalue weighted by atomic mass is 9.79. The van der Waals surface area contributed by atoms with Gasteiger partial charge in [-0.05, 0) is 81.6 Å². The Morgan fingerprint density at radius 1 is 0.592 bits per heavy atom. The van der Waals surface area contributed by atoms with Crippen LogP contribution in [-0.2, 0) is 47.9 Å². The number of aliphatic hydroxyl groups is 2. The minimum absolute atomic E-state index is 0.107. The molecule has 0 aliphatic carbocycles. The van der Waals surface area contributed by atoms with Crippen molar-refractivity contribution in [3.63, 3.8) is 0 Å². The lowest BCUT2D eigenvalue weighted by Gasteiger charge is -2.46. The molecule has 402 valence electrons. The zero-order valence-electron chi connectivity index (χ0n) is 40.8. The van der Waals surface area contributed by atoms with Crippen LogP contribution in [-0.4, -0.2) is 144 Å². The normalized spacial score (nSPS) is 27.7. The first-order chi connectivity index (χ1) is 36.0. The van der Waals surface area contributed by atoms with Gasteiger partial charge in [0.1, 0.15) is 11.4 Å². The number of carboxylic acid groups (broad SMARTS) is 2. The summed E-state index contributed by atoms with van der Waals surface area (Å²) in [6.07, 6.45) is 0.105. The average Bonchev–Trinajstić information content (AvgIpc) is 4.06. The van der Waals surface area contributed by atoms with E-state index in [1.807, 2.05) is 28.8 Å². The summed E-state index contributed by atoms with van der Waals surface area (Å²) in [4.78, 5) is 121. The molecule has 1 unspecified atom stereocenters. The van der Waals surface area contributed by atoms with Crippen LogP contribution in [0.15, 0.2) is 74.9 Å². The molecule has 5 saturated heterocycles. The Morgan fingerprint density at radius 2 is 0.961 bits per heavy atom. The van der Waals surface area contributed by atoms with E-state index in [0.29, 0.717) is 56.5 Å². The number of hydrogen-bond donors (Lipinski definition) is 7. The number of imide groups is 3. The number of fused-ring (bicyclic) bond motifs is 2. The van der Waals surface area contributed by atoms with E-state index in [-0.39, 0.29) is 59.7 Å². The quantitative estimate of drug-likeness (QED) is 0.101. The highest BCUT2D eigenvalue weighted by atomic mass is 35.5. The van der Waals surface area contributed by atoms with Crippen LogP contribution in [0.2, 0.25) is 10.0 Å². The van der Waals surface area contributed by atoms with Gasteiger partial charge in [0.2, 0.25) is 47.3 Å². The number of thioether (sulfide) groups is 3. The van der Waals surface area contributed by atoms with E-state index in [1.54, 1.807) is 38.1 Å². The number of nitrogens with one attached hydrogen (secondary N) is 3. The number of carbonyl (C=O) groups is 10. The number of amides is 8. The lowest BCUT2D eigenvalue weighted by Crippen LogP contribution is -2.63. The molecule has 8 amide bonds. The molecule has 1 aromatic heterocycles. The number of carboxylic acids is 2. The molecule has 7 aliphatic rings. The van der Waals surface area contributed by atoms with E-state index in [1.165, 1.54) is 35.4 Å². The van der Waals surface area contributed by atoms with Gasteiger partial charge in [-0.2, -0.15) is 0 Å². The number of hydrogen-bond acceptors (Lipinski definition) is 17. The van der Waals surface area contributed by atoms with Crippen LogP contribution in [0.1, 0.15) is 66.2 Å². The van der Waals surface area contributed by atoms with E-state index in [2.05, 4.69) is 26.1 Å². The number of aromatic nitrogens is 3. The average molecular weight is 1140 g/mol. The van der Waals surface area contributed by atoms with Crippen LogP contribution >= 0.6 is 58.5 Å². The number of nitrogens with zero attached hydrogens (tertiary/aromatic N) is 5. The van der Waals surface area contributed by atoms with Crippen molar-refractivity contribution >= 4 is 118 Å². The molecule has 5 fully saturated rings. The van der Waals surface area contributed by atoms with Crippen molar-refractivity contribution in [1.29, 1.82) is 0 Å². The Bertz CT molecular complexity index is 2890. The fraction of sp³-hybridized carbons (Fsp3) is 0.429. The third kappa shape index (κ3) is 11.0. The standard InChI is InChI=1S/C19H14Cl2N4O2S.2C15H18N2O6S/c20-12-3-1-11(2-4-12)17-23-24-19(25(17)14-7-5-13(21)6-8-14)28-15-9-10-16(26)22-18(15)27;2*1-5-10-9(6(2)18)14(21)17(10)11(15(22)23)12(5)24-7-3-4-8(19)16-13(7)20/h1-8,15H,9-10H2,(H,22,26,27);2*5-7,9-10,18H,3-4H2,1-2H3,(H,22,23)(H,16,19,20)/t;5-,6-,7+,9-,10-;5-,6-,7-,9-,10-/m.11/s1. The van der Waals surface area contributed by atoms with E-state index in [4.69, 9.17) is 23.2 Å². The van der Waals surface area contributed by atoms with E-state index >= 15 is 0 Å². The maximum Gasteiger partial charge on any atom is 0.353 e. The van der Waals surface area contributed by atoms with Gasteiger partial charge in [-0.15, -0.1) is 33.7 Å². The molecule has 27 heteroatoms. The Balaban J connectivity index is 0.000000152.